The highest BCUT2D eigenvalue weighted by Gasteiger charge is 2.44. The predicted molar refractivity (Wildman–Crippen MR) is 123 cm³/mol. The molecule has 1 aliphatic heterocycles. The van der Waals surface area contributed by atoms with Gasteiger partial charge in [0.1, 0.15) is 17.5 Å². The maximum Gasteiger partial charge on any atom is 0.245 e. The number of carbonyl (C=O) groups excluding carboxylic acids is 1. The molecule has 0 aliphatic carbocycles. The quantitative estimate of drug-likeness (QED) is 0.575. The number of hydrazine groups is 1. The van der Waals surface area contributed by atoms with Crippen molar-refractivity contribution in [3.63, 3.8) is 0 Å². The van der Waals surface area contributed by atoms with E-state index in [0.717, 1.165) is 12.0 Å². The van der Waals surface area contributed by atoms with Gasteiger partial charge in [0.05, 0.1) is 12.8 Å². The van der Waals surface area contributed by atoms with E-state index in [1.54, 1.807) is 45.2 Å². The summed E-state index contributed by atoms with van der Waals surface area (Å²) in [5, 5.41) is 2.07. The Hall–Kier alpha value is -2.62. The van der Waals surface area contributed by atoms with Crippen LogP contribution in [-0.2, 0) is 21.2 Å². The molecule has 3 rings (SSSR count). The van der Waals surface area contributed by atoms with Gasteiger partial charge in [-0.3, -0.25) is 20.0 Å². The van der Waals surface area contributed by atoms with Gasteiger partial charge < -0.3 is 10.1 Å². The van der Waals surface area contributed by atoms with Crippen molar-refractivity contribution in [3.8, 4) is 5.75 Å². The van der Waals surface area contributed by atoms with Crippen LogP contribution in [-0.4, -0.2) is 45.3 Å². The van der Waals surface area contributed by atoms with Crippen molar-refractivity contribution in [1.82, 2.24) is 10.9 Å². The molecule has 8 nitrogen and oxygen atoms in total. The van der Waals surface area contributed by atoms with Crippen molar-refractivity contribution in [1.29, 1.82) is 0 Å². The zero-order valence-electron chi connectivity index (χ0n) is 18.3. The first-order valence-corrected chi connectivity index (χ1v) is 11.8. The molecule has 3 N–H and O–H groups in total. The SMILES string of the molecule is CCc1ccc(NC(=O)CN(c2ccc(OC)cc2)S(=O)(=O)C2C(C)NNC2C)cc1. The lowest BCUT2D eigenvalue weighted by atomic mass is 10.1. The summed E-state index contributed by atoms with van der Waals surface area (Å²) < 4.78 is 33.6. The van der Waals surface area contributed by atoms with Crippen LogP contribution >= 0.6 is 0 Å². The second-order valence-electron chi connectivity index (χ2n) is 7.68. The molecule has 0 radical (unpaired) electrons. The van der Waals surface area contributed by atoms with Crippen molar-refractivity contribution in [2.75, 3.05) is 23.3 Å². The summed E-state index contributed by atoms with van der Waals surface area (Å²) in [5.74, 6) is 0.190. The van der Waals surface area contributed by atoms with Crippen LogP contribution in [0.1, 0.15) is 26.3 Å². The summed E-state index contributed by atoms with van der Waals surface area (Å²) in [6.07, 6.45) is 0.900. The van der Waals surface area contributed by atoms with Gasteiger partial charge >= 0.3 is 0 Å². The van der Waals surface area contributed by atoms with Crippen LogP contribution in [0.5, 0.6) is 5.75 Å². The second kappa shape index (κ2) is 9.67. The number of rotatable bonds is 8. The fraction of sp³-hybridized carbons (Fsp3) is 0.409. The number of hydrogen-bond acceptors (Lipinski definition) is 6. The molecule has 2 unspecified atom stereocenters. The number of hydrogen-bond donors (Lipinski definition) is 3. The molecule has 1 heterocycles. The molecule has 168 valence electrons. The molecule has 1 amide bonds. The molecule has 0 spiro atoms. The molecule has 31 heavy (non-hydrogen) atoms. The third-order valence-corrected chi connectivity index (χ3v) is 7.93. The van der Waals surface area contributed by atoms with Crippen molar-refractivity contribution in [3.05, 3.63) is 54.1 Å². The topological polar surface area (TPSA) is 99.8 Å². The van der Waals surface area contributed by atoms with Gasteiger partial charge in [-0.05, 0) is 62.2 Å². The largest absolute Gasteiger partial charge is 0.497 e. The standard InChI is InChI=1S/C22H30N4O4S/c1-5-17-6-8-18(9-7-17)23-21(27)14-26(19-10-12-20(30-4)13-11-19)31(28,29)22-15(2)24-25-16(22)3/h6-13,15-16,22,24-25H,5,14H2,1-4H3,(H,23,27). The molecule has 9 heteroatoms. The maximum atomic E-state index is 13.6. The Balaban J connectivity index is 1.88. The summed E-state index contributed by atoms with van der Waals surface area (Å²) in [4.78, 5) is 12.8. The highest BCUT2D eigenvalue weighted by molar-refractivity contribution is 7.93. The van der Waals surface area contributed by atoms with Gasteiger partial charge in [-0.25, -0.2) is 8.42 Å². The van der Waals surface area contributed by atoms with Crippen LogP contribution in [0, 0.1) is 0 Å². The van der Waals surface area contributed by atoms with Gasteiger partial charge in [0.25, 0.3) is 0 Å². The smallest absolute Gasteiger partial charge is 0.245 e. The number of ether oxygens (including phenoxy) is 1. The summed E-state index contributed by atoms with van der Waals surface area (Å²) in [6.45, 7) is 5.33. The molecule has 0 bridgehead atoms. The Morgan fingerprint density at radius 2 is 1.61 bits per heavy atom. The predicted octanol–water partition coefficient (Wildman–Crippen LogP) is 2.29. The van der Waals surface area contributed by atoms with E-state index < -0.39 is 21.2 Å². The van der Waals surface area contributed by atoms with E-state index in [0.29, 0.717) is 17.1 Å². The van der Waals surface area contributed by atoms with E-state index >= 15 is 0 Å². The summed E-state index contributed by atoms with van der Waals surface area (Å²) in [7, 11) is -2.32. The molecule has 0 aromatic heterocycles. The van der Waals surface area contributed by atoms with Crippen molar-refractivity contribution >= 4 is 27.3 Å². The first-order valence-electron chi connectivity index (χ1n) is 10.3. The average molecular weight is 447 g/mol. The highest BCUT2D eigenvalue weighted by Crippen LogP contribution is 2.27. The number of aryl methyl sites for hydroxylation is 1. The number of carbonyl (C=O) groups is 1. The lowest BCUT2D eigenvalue weighted by Gasteiger charge is -2.30. The van der Waals surface area contributed by atoms with Crippen LogP contribution in [0.3, 0.4) is 0 Å². The summed E-state index contributed by atoms with van der Waals surface area (Å²) in [6, 6.07) is 13.5. The number of benzene rings is 2. The first-order chi connectivity index (χ1) is 14.8. The van der Waals surface area contributed by atoms with Crippen LogP contribution in [0.15, 0.2) is 48.5 Å². The van der Waals surface area contributed by atoms with Gasteiger partial charge in [0.15, 0.2) is 0 Å². The van der Waals surface area contributed by atoms with Crippen LogP contribution in [0.2, 0.25) is 0 Å². The van der Waals surface area contributed by atoms with Crippen LogP contribution < -0.4 is 25.2 Å². The number of amides is 1. The Morgan fingerprint density at radius 1 is 1.03 bits per heavy atom. The molecule has 2 aromatic carbocycles. The van der Waals surface area contributed by atoms with Crippen LogP contribution in [0.25, 0.3) is 0 Å². The first kappa shape index (κ1) is 23.1. The van der Waals surface area contributed by atoms with Crippen molar-refractivity contribution < 1.29 is 17.9 Å². The van der Waals surface area contributed by atoms with Gasteiger partial charge in [0.2, 0.25) is 15.9 Å². The van der Waals surface area contributed by atoms with E-state index in [1.807, 2.05) is 24.3 Å². The third kappa shape index (κ3) is 5.17. The van der Waals surface area contributed by atoms with Crippen LogP contribution in [0.4, 0.5) is 11.4 Å². The Kier molecular flexibility index (Phi) is 7.19. The number of nitrogens with one attached hydrogen (secondary N) is 3. The summed E-state index contributed by atoms with van der Waals surface area (Å²) >= 11 is 0. The lowest BCUT2D eigenvalue weighted by molar-refractivity contribution is -0.114. The zero-order chi connectivity index (χ0) is 22.6. The fourth-order valence-electron chi connectivity index (χ4n) is 3.75. The van der Waals surface area contributed by atoms with E-state index in [-0.39, 0.29) is 18.6 Å². The molecule has 2 atom stereocenters. The molecule has 2 aromatic rings. The van der Waals surface area contributed by atoms with Gasteiger partial charge in [-0.15, -0.1) is 0 Å². The minimum absolute atomic E-state index is 0.314. The normalized spacial score (nSPS) is 21.0. The lowest BCUT2D eigenvalue weighted by Crippen LogP contribution is -2.49. The zero-order valence-corrected chi connectivity index (χ0v) is 19.1. The van der Waals surface area contributed by atoms with Crippen molar-refractivity contribution in [2.24, 2.45) is 0 Å². The number of sulfonamides is 1. The van der Waals surface area contributed by atoms with E-state index in [4.69, 9.17) is 4.74 Å². The van der Waals surface area contributed by atoms with Crippen molar-refractivity contribution in [2.45, 2.75) is 44.5 Å². The fourth-order valence-corrected chi connectivity index (χ4v) is 5.93. The van der Waals surface area contributed by atoms with Gasteiger partial charge in [-0.1, -0.05) is 19.1 Å². The Labute approximate surface area is 184 Å². The van der Waals surface area contributed by atoms with E-state index in [9.17, 15) is 13.2 Å². The Morgan fingerprint density at radius 3 is 2.13 bits per heavy atom. The molecule has 1 aliphatic rings. The van der Waals surface area contributed by atoms with E-state index in [1.165, 1.54) is 4.31 Å². The minimum Gasteiger partial charge on any atom is -0.497 e. The molecule has 0 saturated carbocycles. The number of anilines is 2. The highest BCUT2D eigenvalue weighted by atomic mass is 32.2. The molecule has 1 fully saturated rings. The van der Waals surface area contributed by atoms with Gasteiger partial charge in [0, 0.05) is 17.8 Å². The van der Waals surface area contributed by atoms with E-state index in [2.05, 4.69) is 23.1 Å². The Bertz CT molecular complexity index is 983. The third-order valence-electron chi connectivity index (χ3n) is 5.47. The number of nitrogens with zero attached hydrogens (tertiary/aromatic N) is 1. The maximum absolute atomic E-state index is 13.6. The number of methoxy groups -OCH3 is 1. The minimum atomic E-state index is -3.86. The molecular weight excluding hydrogens is 416 g/mol. The molecule has 1 saturated heterocycles. The summed E-state index contributed by atoms with van der Waals surface area (Å²) in [5.41, 5.74) is 8.14. The van der Waals surface area contributed by atoms with Gasteiger partial charge in [-0.2, -0.15) is 0 Å². The molecular formula is C22H30N4O4S. The monoisotopic (exact) mass is 446 g/mol. The second-order valence-corrected chi connectivity index (χ2v) is 9.69. The average Bonchev–Trinajstić information content (AvgIpc) is 3.11.